The van der Waals surface area contributed by atoms with E-state index in [1.54, 1.807) is 4.68 Å². The Morgan fingerprint density at radius 3 is 2.71 bits per heavy atom. The van der Waals surface area contributed by atoms with Crippen molar-refractivity contribution in [1.29, 1.82) is 0 Å². The van der Waals surface area contributed by atoms with E-state index in [-0.39, 0.29) is 6.04 Å². The van der Waals surface area contributed by atoms with E-state index in [1.807, 2.05) is 27.1 Å². The van der Waals surface area contributed by atoms with E-state index >= 15 is 0 Å². The molecule has 0 spiro atoms. The van der Waals surface area contributed by atoms with Crippen molar-refractivity contribution in [2.45, 2.75) is 39.7 Å². The lowest BCUT2D eigenvalue weighted by molar-refractivity contribution is 0.527. The molecule has 2 rings (SSSR count). The number of hydrogen-bond donors (Lipinski definition) is 1. The van der Waals surface area contributed by atoms with Crippen LogP contribution in [0.2, 0.25) is 5.15 Å². The quantitative estimate of drug-likeness (QED) is 0.890. The number of halogens is 1. The molecule has 114 valence electrons. The SMILES string of the molecule is CCCNC(Cc1c(C)nn(C)c1Cl)c1ccnc(C)c1. The number of pyridine rings is 1. The minimum atomic E-state index is 0.229. The van der Waals surface area contributed by atoms with Crippen LogP contribution in [0, 0.1) is 13.8 Å². The molecule has 2 heterocycles. The van der Waals surface area contributed by atoms with Crippen molar-refractivity contribution in [3.63, 3.8) is 0 Å². The van der Waals surface area contributed by atoms with Gasteiger partial charge in [0.05, 0.1) is 5.69 Å². The number of nitrogens with zero attached hydrogens (tertiary/aromatic N) is 3. The van der Waals surface area contributed by atoms with Gasteiger partial charge >= 0.3 is 0 Å². The normalized spacial score (nSPS) is 12.6. The molecule has 0 aliphatic rings. The molecule has 4 nitrogen and oxygen atoms in total. The lowest BCUT2D eigenvalue weighted by atomic mass is 9.99. The summed E-state index contributed by atoms with van der Waals surface area (Å²) in [5.41, 5.74) is 4.39. The molecule has 1 N–H and O–H groups in total. The molecule has 0 bridgehead atoms. The van der Waals surface area contributed by atoms with Crippen molar-refractivity contribution in [3.05, 3.63) is 46.0 Å². The number of rotatable bonds is 6. The lowest BCUT2D eigenvalue weighted by Gasteiger charge is -2.19. The Bertz CT molecular complexity index is 606. The van der Waals surface area contributed by atoms with Gasteiger partial charge in [-0.05, 0) is 50.9 Å². The van der Waals surface area contributed by atoms with Crippen molar-refractivity contribution in [2.24, 2.45) is 7.05 Å². The first-order valence-electron chi connectivity index (χ1n) is 7.36. The predicted molar refractivity (Wildman–Crippen MR) is 86.7 cm³/mol. The van der Waals surface area contributed by atoms with Crippen molar-refractivity contribution in [1.82, 2.24) is 20.1 Å². The van der Waals surface area contributed by atoms with E-state index in [1.165, 1.54) is 5.56 Å². The smallest absolute Gasteiger partial charge is 0.130 e. The third-order valence-electron chi connectivity index (χ3n) is 3.64. The second-order valence-electron chi connectivity index (χ2n) is 5.42. The Hall–Kier alpha value is -1.39. The maximum atomic E-state index is 6.37. The van der Waals surface area contributed by atoms with Gasteiger partial charge in [-0.25, -0.2) is 0 Å². The van der Waals surface area contributed by atoms with Crippen LogP contribution in [-0.2, 0) is 13.5 Å². The highest BCUT2D eigenvalue weighted by atomic mass is 35.5. The van der Waals surface area contributed by atoms with Crippen molar-refractivity contribution in [3.8, 4) is 0 Å². The minimum Gasteiger partial charge on any atom is -0.310 e. The fourth-order valence-corrected chi connectivity index (χ4v) is 2.77. The Kier molecular flexibility index (Phi) is 5.37. The third kappa shape index (κ3) is 3.83. The zero-order valence-electron chi connectivity index (χ0n) is 13.2. The van der Waals surface area contributed by atoms with Gasteiger partial charge in [-0.1, -0.05) is 18.5 Å². The number of nitrogens with one attached hydrogen (secondary N) is 1. The molecule has 0 amide bonds. The molecule has 2 aromatic rings. The van der Waals surface area contributed by atoms with Gasteiger partial charge in [0.2, 0.25) is 0 Å². The van der Waals surface area contributed by atoms with Crippen LogP contribution < -0.4 is 5.32 Å². The highest BCUT2D eigenvalue weighted by Gasteiger charge is 2.18. The van der Waals surface area contributed by atoms with Gasteiger partial charge < -0.3 is 5.32 Å². The first-order chi connectivity index (χ1) is 10.0. The molecule has 0 aliphatic carbocycles. The zero-order valence-corrected chi connectivity index (χ0v) is 13.9. The topological polar surface area (TPSA) is 42.7 Å². The van der Waals surface area contributed by atoms with Crippen molar-refractivity contribution in [2.75, 3.05) is 6.54 Å². The highest BCUT2D eigenvalue weighted by Crippen LogP contribution is 2.26. The van der Waals surface area contributed by atoms with Crippen LogP contribution in [0.5, 0.6) is 0 Å². The van der Waals surface area contributed by atoms with Gasteiger partial charge in [0, 0.05) is 30.5 Å². The van der Waals surface area contributed by atoms with E-state index in [0.29, 0.717) is 0 Å². The van der Waals surface area contributed by atoms with E-state index in [4.69, 9.17) is 11.6 Å². The monoisotopic (exact) mass is 306 g/mol. The average molecular weight is 307 g/mol. The van der Waals surface area contributed by atoms with Crippen LogP contribution in [0.15, 0.2) is 18.3 Å². The maximum absolute atomic E-state index is 6.37. The van der Waals surface area contributed by atoms with Gasteiger partial charge in [-0.15, -0.1) is 0 Å². The summed E-state index contributed by atoms with van der Waals surface area (Å²) in [5, 5.41) is 8.73. The Balaban J connectivity index is 2.28. The largest absolute Gasteiger partial charge is 0.310 e. The average Bonchev–Trinajstić information content (AvgIpc) is 2.69. The Morgan fingerprint density at radius 1 is 1.38 bits per heavy atom. The molecule has 2 aromatic heterocycles. The molecular weight excluding hydrogens is 284 g/mol. The molecule has 21 heavy (non-hydrogen) atoms. The molecule has 1 unspecified atom stereocenters. The third-order valence-corrected chi connectivity index (χ3v) is 4.11. The molecule has 5 heteroatoms. The molecule has 1 atom stereocenters. The summed E-state index contributed by atoms with van der Waals surface area (Å²) < 4.78 is 1.74. The molecule has 0 saturated heterocycles. The number of aromatic nitrogens is 3. The number of hydrogen-bond acceptors (Lipinski definition) is 3. The van der Waals surface area contributed by atoms with Crippen LogP contribution in [0.3, 0.4) is 0 Å². The van der Waals surface area contributed by atoms with Crippen LogP contribution in [0.4, 0.5) is 0 Å². The van der Waals surface area contributed by atoms with Crippen LogP contribution >= 0.6 is 11.6 Å². The van der Waals surface area contributed by atoms with Gasteiger partial charge in [-0.2, -0.15) is 5.10 Å². The highest BCUT2D eigenvalue weighted by molar-refractivity contribution is 6.30. The maximum Gasteiger partial charge on any atom is 0.130 e. The van der Waals surface area contributed by atoms with E-state index in [2.05, 4.69) is 34.5 Å². The first-order valence-corrected chi connectivity index (χ1v) is 7.74. The summed E-state index contributed by atoms with van der Waals surface area (Å²) in [7, 11) is 1.88. The molecule has 0 fully saturated rings. The summed E-state index contributed by atoms with van der Waals surface area (Å²) in [5.74, 6) is 0. The van der Waals surface area contributed by atoms with Gasteiger partial charge in [-0.3, -0.25) is 9.67 Å². The van der Waals surface area contributed by atoms with E-state index in [9.17, 15) is 0 Å². The molecular formula is C16H23ClN4. The van der Waals surface area contributed by atoms with Crippen molar-refractivity contribution >= 4 is 11.6 Å². The van der Waals surface area contributed by atoms with Crippen LogP contribution in [0.25, 0.3) is 0 Å². The fourth-order valence-electron chi connectivity index (χ4n) is 2.52. The summed E-state index contributed by atoms with van der Waals surface area (Å²) in [6.07, 6.45) is 3.80. The first kappa shape index (κ1) is 16.0. The zero-order chi connectivity index (χ0) is 15.4. The van der Waals surface area contributed by atoms with Crippen LogP contribution in [-0.4, -0.2) is 21.3 Å². The second-order valence-corrected chi connectivity index (χ2v) is 5.78. The molecule has 0 aromatic carbocycles. The molecule has 0 aliphatic heterocycles. The number of aryl methyl sites for hydroxylation is 3. The summed E-state index contributed by atoms with van der Waals surface area (Å²) >= 11 is 6.37. The van der Waals surface area contributed by atoms with E-state index in [0.717, 1.165) is 41.5 Å². The molecule has 0 radical (unpaired) electrons. The summed E-state index contributed by atoms with van der Waals surface area (Å²) in [6, 6.07) is 4.43. The second kappa shape index (κ2) is 7.05. The van der Waals surface area contributed by atoms with Gasteiger partial charge in [0.15, 0.2) is 0 Å². The Labute approximate surface area is 131 Å². The van der Waals surface area contributed by atoms with Crippen molar-refractivity contribution < 1.29 is 0 Å². The van der Waals surface area contributed by atoms with Gasteiger partial charge in [0.1, 0.15) is 5.15 Å². The summed E-state index contributed by atoms with van der Waals surface area (Å²) in [6.45, 7) is 7.17. The fraction of sp³-hybridized carbons (Fsp3) is 0.500. The Morgan fingerprint density at radius 2 is 2.14 bits per heavy atom. The molecule has 0 saturated carbocycles. The lowest BCUT2D eigenvalue weighted by Crippen LogP contribution is -2.24. The minimum absolute atomic E-state index is 0.229. The summed E-state index contributed by atoms with van der Waals surface area (Å²) in [4.78, 5) is 4.28. The van der Waals surface area contributed by atoms with Crippen LogP contribution in [0.1, 0.15) is 41.9 Å². The standard InChI is InChI=1S/C16H23ClN4/c1-5-7-19-15(13-6-8-18-11(2)9-13)10-14-12(3)20-21(4)16(14)17/h6,8-9,15,19H,5,7,10H2,1-4H3. The predicted octanol–water partition coefficient (Wildman–Crippen LogP) is 3.37. The van der Waals surface area contributed by atoms with E-state index < -0.39 is 0 Å². The van der Waals surface area contributed by atoms with Gasteiger partial charge in [0.25, 0.3) is 0 Å².